The van der Waals surface area contributed by atoms with Crippen molar-refractivity contribution in [1.29, 1.82) is 0 Å². The summed E-state index contributed by atoms with van der Waals surface area (Å²) in [5.74, 6) is 1.82. The second-order valence-corrected chi connectivity index (χ2v) is 14.0. The second-order valence-electron chi connectivity index (χ2n) is 14.0. The number of nitrogens with zero attached hydrogens (tertiary/aromatic N) is 4. The number of fused-ring (bicyclic) bond motifs is 7. The van der Waals surface area contributed by atoms with Crippen LogP contribution >= 0.6 is 0 Å². The molecule has 11 rings (SSSR count). The zero-order valence-corrected chi connectivity index (χ0v) is 30.2. The van der Waals surface area contributed by atoms with Crippen LogP contribution in [0.2, 0.25) is 0 Å². The standard InChI is InChI=1S/C51H32N4O/c1-4-13-33(14-5-1)35-23-25-36(26-24-35)49-52-50(38-18-12-17-37(31-38)34-15-6-2-7-16-34)54-51(53-49)39-27-30-46-44(32-39)43-29-28-42-41-21-10-11-22-45(41)55(47(42)48(43)56-46)40-19-8-3-9-20-40/h1-32H. The minimum absolute atomic E-state index is 0.595. The molecule has 3 aromatic heterocycles. The third-order valence-corrected chi connectivity index (χ3v) is 10.7. The fourth-order valence-corrected chi connectivity index (χ4v) is 7.94. The fraction of sp³-hybridized carbons (Fsp3) is 0. The molecule has 0 aliphatic carbocycles. The highest BCUT2D eigenvalue weighted by Crippen LogP contribution is 2.41. The van der Waals surface area contributed by atoms with Gasteiger partial charge in [-0.15, -0.1) is 0 Å². The van der Waals surface area contributed by atoms with Crippen LogP contribution in [0, 0.1) is 0 Å². The lowest BCUT2D eigenvalue weighted by atomic mass is 10.0. The molecule has 5 nitrogen and oxygen atoms in total. The number of rotatable bonds is 6. The van der Waals surface area contributed by atoms with E-state index in [1.807, 2.05) is 24.3 Å². The zero-order valence-electron chi connectivity index (χ0n) is 30.2. The van der Waals surface area contributed by atoms with Crippen molar-refractivity contribution < 1.29 is 4.42 Å². The Hall–Kier alpha value is -7.63. The van der Waals surface area contributed by atoms with Crippen molar-refractivity contribution >= 4 is 43.7 Å². The van der Waals surface area contributed by atoms with E-state index in [1.54, 1.807) is 0 Å². The SMILES string of the molecule is c1ccc(-c2ccc(-c3nc(-c4cccc(-c5ccccc5)c4)nc(-c4ccc5oc6c(ccc7c8ccccc8n(-c8ccccc8)c76)c5c4)n3)cc2)cc1. The Morgan fingerprint density at radius 2 is 0.857 bits per heavy atom. The normalized spacial score (nSPS) is 11.6. The third-order valence-electron chi connectivity index (χ3n) is 10.7. The smallest absolute Gasteiger partial charge is 0.164 e. The summed E-state index contributed by atoms with van der Waals surface area (Å²) in [5, 5.41) is 4.38. The number of hydrogen-bond donors (Lipinski definition) is 0. The van der Waals surface area contributed by atoms with Crippen LogP contribution in [-0.2, 0) is 0 Å². The van der Waals surface area contributed by atoms with E-state index in [0.29, 0.717) is 17.5 Å². The van der Waals surface area contributed by atoms with Gasteiger partial charge in [-0.1, -0.05) is 146 Å². The van der Waals surface area contributed by atoms with Crippen molar-refractivity contribution in [2.75, 3.05) is 0 Å². The minimum Gasteiger partial charge on any atom is -0.454 e. The molecule has 0 N–H and O–H groups in total. The van der Waals surface area contributed by atoms with E-state index in [9.17, 15) is 0 Å². The monoisotopic (exact) mass is 716 g/mol. The summed E-state index contributed by atoms with van der Waals surface area (Å²) in [5.41, 5.74) is 12.2. The molecule has 8 aromatic carbocycles. The van der Waals surface area contributed by atoms with Gasteiger partial charge in [-0.05, 0) is 70.8 Å². The molecule has 262 valence electrons. The molecule has 11 aromatic rings. The van der Waals surface area contributed by atoms with Crippen molar-refractivity contribution in [1.82, 2.24) is 19.5 Å². The van der Waals surface area contributed by atoms with Gasteiger partial charge in [0.2, 0.25) is 0 Å². The molecule has 0 unspecified atom stereocenters. The lowest BCUT2D eigenvalue weighted by Gasteiger charge is -2.10. The van der Waals surface area contributed by atoms with Gasteiger partial charge in [0, 0.05) is 43.9 Å². The van der Waals surface area contributed by atoms with E-state index < -0.39 is 0 Å². The molecular weight excluding hydrogens is 685 g/mol. The maximum absolute atomic E-state index is 6.76. The van der Waals surface area contributed by atoms with Crippen LogP contribution < -0.4 is 0 Å². The Balaban J connectivity index is 1.09. The van der Waals surface area contributed by atoms with Gasteiger partial charge in [0.1, 0.15) is 5.58 Å². The molecule has 3 heterocycles. The van der Waals surface area contributed by atoms with Gasteiger partial charge in [0.15, 0.2) is 23.1 Å². The van der Waals surface area contributed by atoms with Gasteiger partial charge in [0.25, 0.3) is 0 Å². The van der Waals surface area contributed by atoms with Crippen molar-refractivity contribution in [3.63, 3.8) is 0 Å². The third kappa shape index (κ3) is 5.37. The Kier molecular flexibility index (Phi) is 7.42. The van der Waals surface area contributed by atoms with Crippen LogP contribution in [-0.4, -0.2) is 19.5 Å². The highest BCUT2D eigenvalue weighted by Gasteiger charge is 2.20. The molecule has 0 aliphatic heterocycles. The number of benzene rings is 8. The molecular formula is C51H32N4O. The molecule has 56 heavy (non-hydrogen) atoms. The van der Waals surface area contributed by atoms with Crippen LogP contribution in [0.3, 0.4) is 0 Å². The predicted molar refractivity (Wildman–Crippen MR) is 229 cm³/mol. The van der Waals surface area contributed by atoms with E-state index in [2.05, 4.69) is 174 Å². The first-order valence-corrected chi connectivity index (χ1v) is 18.8. The van der Waals surface area contributed by atoms with Crippen molar-refractivity contribution in [2.45, 2.75) is 0 Å². The van der Waals surface area contributed by atoms with Gasteiger partial charge in [-0.2, -0.15) is 0 Å². The largest absolute Gasteiger partial charge is 0.454 e. The summed E-state index contributed by atoms with van der Waals surface area (Å²) in [6.45, 7) is 0. The molecule has 0 amide bonds. The number of hydrogen-bond acceptors (Lipinski definition) is 4. The van der Waals surface area contributed by atoms with Gasteiger partial charge >= 0.3 is 0 Å². The van der Waals surface area contributed by atoms with E-state index in [0.717, 1.165) is 83.0 Å². The van der Waals surface area contributed by atoms with Crippen LogP contribution in [0.5, 0.6) is 0 Å². The van der Waals surface area contributed by atoms with Crippen molar-refractivity contribution in [3.05, 3.63) is 194 Å². The average molecular weight is 717 g/mol. The topological polar surface area (TPSA) is 56.7 Å². The molecule has 5 heteroatoms. The predicted octanol–water partition coefficient (Wildman–Crippen LogP) is 13.2. The molecule has 0 atom stereocenters. The van der Waals surface area contributed by atoms with Gasteiger partial charge in [0.05, 0.1) is 11.0 Å². The zero-order chi connectivity index (χ0) is 37.0. The Morgan fingerprint density at radius 1 is 0.339 bits per heavy atom. The fourth-order valence-electron chi connectivity index (χ4n) is 7.94. The highest BCUT2D eigenvalue weighted by molar-refractivity contribution is 6.21. The van der Waals surface area contributed by atoms with Crippen LogP contribution in [0.25, 0.3) is 106 Å². The number of para-hydroxylation sites is 2. The van der Waals surface area contributed by atoms with E-state index in [1.165, 1.54) is 5.39 Å². The van der Waals surface area contributed by atoms with Gasteiger partial charge in [-0.25, -0.2) is 15.0 Å². The highest BCUT2D eigenvalue weighted by atomic mass is 16.3. The van der Waals surface area contributed by atoms with Gasteiger partial charge < -0.3 is 8.98 Å². The summed E-state index contributed by atoms with van der Waals surface area (Å²) in [6, 6.07) is 67.3. The van der Waals surface area contributed by atoms with Crippen LogP contribution in [0.15, 0.2) is 199 Å². The summed E-state index contributed by atoms with van der Waals surface area (Å²) < 4.78 is 9.08. The molecule has 0 saturated heterocycles. The molecule has 0 bridgehead atoms. The lowest BCUT2D eigenvalue weighted by molar-refractivity contribution is 0.671. The number of aromatic nitrogens is 4. The molecule has 0 fully saturated rings. The summed E-state index contributed by atoms with van der Waals surface area (Å²) in [4.78, 5) is 15.4. The quantitative estimate of drug-likeness (QED) is 0.172. The molecule has 0 radical (unpaired) electrons. The Labute approximate surface area is 322 Å². The molecule has 0 spiro atoms. The lowest BCUT2D eigenvalue weighted by Crippen LogP contribution is -2.00. The van der Waals surface area contributed by atoms with Crippen molar-refractivity contribution in [2.24, 2.45) is 0 Å². The van der Waals surface area contributed by atoms with Gasteiger partial charge in [-0.3, -0.25) is 0 Å². The average Bonchev–Trinajstić information content (AvgIpc) is 3.83. The van der Waals surface area contributed by atoms with Crippen LogP contribution in [0.1, 0.15) is 0 Å². The Morgan fingerprint density at radius 3 is 1.59 bits per heavy atom. The maximum Gasteiger partial charge on any atom is 0.164 e. The molecule has 0 aliphatic rings. The summed E-state index contributed by atoms with van der Waals surface area (Å²) in [7, 11) is 0. The van der Waals surface area contributed by atoms with E-state index in [4.69, 9.17) is 19.4 Å². The first-order valence-electron chi connectivity index (χ1n) is 18.8. The van der Waals surface area contributed by atoms with Crippen molar-refractivity contribution in [3.8, 4) is 62.1 Å². The summed E-state index contributed by atoms with van der Waals surface area (Å²) >= 11 is 0. The number of furan rings is 1. The second kappa shape index (κ2) is 13.0. The van der Waals surface area contributed by atoms with Crippen LogP contribution in [0.4, 0.5) is 0 Å². The van der Waals surface area contributed by atoms with E-state index in [-0.39, 0.29) is 0 Å². The van der Waals surface area contributed by atoms with E-state index >= 15 is 0 Å². The Bertz CT molecular complexity index is 3220. The minimum atomic E-state index is 0.595. The first kappa shape index (κ1) is 31.9. The summed E-state index contributed by atoms with van der Waals surface area (Å²) in [6.07, 6.45) is 0. The maximum atomic E-state index is 6.76. The first-order chi connectivity index (χ1) is 27.7. The molecule has 0 saturated carbocycles.